The molecule has 1 heterocycles. The molecule has 2 N–H and O–H groups in total. The predicted molar refractivity (Wildman–Crippen MR) is 52.6 cm³/mol. The lowest BCUT2D eigenvalue weighted by atomic mass is 10.2. The Balaban J connectivity index is 2.11. The Morgan fingerprint density at radius 3 is 2.57 bits per heavy atom. The second-order valence-corrected chi connectivity index (χ2v) is 3.22. The van der Waals surface area contributed by atoms with Gasteiger partial charge in [-0.1, -0.05) is 0 Å². The molecular weight excluding hydrogens is 182 g/mol. The summed E-state index contributed by atoms with van der Waals surface area (Å²) in [5, 5.41) is 0. The lowest BCUT2D eigenvalue weighted by molar-refractivity contribution is -0.0797. The average Bonchev–Trinajstić information content (AvgIpc) is 2.10. The maximum Gasteiger partial charge on any atom is 0.145 e. The highest BCUT2D eigenvalue weighted by molar-refractivity contribution is 5.50. The Kier molecular flexibility index (Phi) is 2.45. The molecular formula is C10H13NO3. The molecule has 0 atom stereocenters. The van der Waals surface area contributed by atoms with Crippen molar-refractivity contribution in [1.29, 1.82) is 0 Å². The van der Waals surface area contributed by atoms with Gasteiger partial charge in [-0.2, -0.15) is 0 Å². The van der Waals surface area contributed by atoms with Crippen LogP contribution in [0.4, 0.5) is 5.69 Å². The number of ether oxygens (including phenoxy) is 3. The van der Waals surface area contributed by atoms with Crippen molar-refractivity contribution in [3.63, 3.8) is 0 Å². The summed E-state index contributed by atoms with van der Waals surface area (Å²) in [7, 11) is 1.60. The summed E-state index contributed by atoms with van der Waals surface area (Å²) >= 11 is 0. The number of rotatable bonds is 3. The van der Waals surface area contributed by atoms with Crippen molar-refractivity contribution < 1.29 is 14.2 Å². The highest BCUT2D eigenvalue weighted by Crippen LogP contribution is 2.25. The quantitative estimate of drug-likeness (QED) is 0.732. The van der Waals surface area contributed by atoms with Crippen LogP contribution in [0.3, 0.4) is 0 Å². The molecule has 1 aliphatic heterocycles. The molecule has 1 aromatic rings. The van der Waals surface area contributed by atoms with Gasteiger partial charge in [0.25, 0.3) is 0 Å². The molecule has 0 aliphatic carbocycles. The molecule has 1 fully saturated rings. The van der Waals surface area contributed by atoms with Crippen LogP contribution in [0.1, 0.15) is 0 Å². The van der Waals surface area contributed by atoms with Gasteiger partial charge < -0.3 is 19.9 Å². The fourth-order valence-corrected chi connectivity index (χ4v) is 1.25. The van der Waals surface area contributed by atoms with Gasteiger partial charge >= 0.3 is 0 Å². The maximum absolute atomic E-state index is 5.68. The zero-order valence-corrected chi connectivity index (χ0v) is 8.03. The van der Waals surface area contributed by atoms with E-state index in [1.807, 2.05) is 6.07 Å². The third-order valence-electron chi connectivity index (χ3n) is 2.05. The van der Waals surface area contributed by atoms with Gasteiger partial charge in [0.05, 0.1) is 20.3 Å². The summed E-state index contributed by atoms with van der Waals surface area (Å²) in [5.41, 5.74) is 6.32. The van der Waals surface area contributed by atoms with E-state index >= 15 is 0 Å². The normalized spacial score (nSPS) is 16.1. The maximum atomic E-state index is 5.68. The third-order valence-corrected chi connectivity index (χ3v) is 2.05. The second-order valence-electron chi connectivity index (χ2n) is 3.22. The molecule has 0 amide bonds. The molecule has 0 radical (unpaired) electrons. The van der Waals surface area contributed by atoms with Crippen LogP contribution in [-0.2, 0) is 4.74 Å². The van der Waals surface area contributed by atoms with E-state index < -0.39 is 0 Å². The van der Waals surface area contributed by atoms with Crippen LogP contribution in [0.15, 0.2) is 18.2 Å². The summed E-state index contributed by atoms with van der Waals surface area (Å²) in [4.78, 5) is 0. The number of hydrogen-bond acceptors (Lipinski definition) is 4. The SMILES string of the molecule is COc1cc(N)cc(OC2COC2)c1. The number of nitrogen functional groups attached to an aromatic ring is 1. The lowest BCUT2D eigenvalue weighted by Gasteiger charge is -2.26. The predicted octanol–water partition coefficient (Wildman–Crippen LogP) is 1.06. The van der Waals surface area contributed by atoms with Gasteiger partial charge in [0.1, 0.15) is 17.6 Å². The standard InChI is InChI=1S/C10H13NO3/c1-12-8-2-7(11)3-9(4-8)14-10-5-13-6-10/h2-4,10H,5-6,11H2,1H3. The van der Waals surface area contributed by atoms with Gasteiger partial charge in [0.15, 0.2) is 0 Å². The Labute approximate surface area is 82.6 Å². The fraction of sp³-hybridized carbons (Fsp3) is 0.400. The van der Waals surface area contributed by atoms with Gasteiger partial charge in [-0.15, -0.1) is 0 Å². The Bertz CT molecular complexity index is 323. The highest BCUT2D eigenvalue weighted by atomic mass is 16.6. The molecule has 76 valence electrons. The second kappa shape index (κ2) is 3.75. The average molecular weight is 195 g/mol. The minimum atomic E-state index is 0.154. The number of benzene rings is 1. The Morgan fingerprint density at radius 2 is 2.00 bits per heavy atom. The van der Waals surface area contributed by atoms with Crippen LogP contribution < -0.4 is 15.2 Å². The molecule has 1 aliphatic rings. The third kappa shape index (κ3) is 1.90. The minimum absolute atomic E-state index is 0.154. The Hall–Kier alpha value is -1.42. The topological polar surface area (TPSA) is 53.7 Å². The van der Waals surface area contributed by atoms with E-state index in [2.05, 4.69) is 0 Å². The van der Waals surface area contributed by atoms with Gasteiger partial charge in [-0.3, -0.25) is 0 Å². The number of methoxy groups -OCH3 is 1. The molecule has 0 saturated carbocycles. The van der Waals surface area contributed by atoms with Gasteiger partial charge in [0.2, 0.25) is 0 Å². The first-order valence-electron chi connectivity index (χ1n) is 4.47. The van der Waals surface area contributed by atoms with Crippen LogP contribution in [0.5, 0.6) is 11.5 Å². The summed E-state index contributed by atoms with van der Waals surface area (Å²) in [5.74, 6) is 1.44. The van der Waals surface area contributed by atoms with Crippen LogP contribution in [0.2, 0.25) is 0 Å². The van der Waals surface area contributed by atoms with E-state index in [9.17, 15) is 0 Å². The lowest BCUT2D eigenvalue weighted by Crippen LogP contribution is -2.38. The summed E-state index contributed by atoms with van der Waals surface area (Å²) in [6, 6.07) is 5.35. The van der Waals surface area contributed by atoms with E-state index in [0.717, 1.165) is 5.75 Å². The van der Waals surface area contributed by atoms with Gasteiger partial charge in [-0.05, 0) is 0 Å². The number of nitrogens with two attached hydrogens (primary N) is 1. The largest absolute Gasteiger partial charge is 0.497 e. The van der Waals surface area contributed by atoms with E-state index in [1.54, 1.807) is 19.2 Å². The molecule has 0 bridgehead atoms. The van der Waals surface area contributed by atoms with Crippen molar-refractivity contribution in [3.8, 4) is 11.5 Å². The summed E-state index contributed by atoms with van der Waals surface area (Å²) < 4.78 is 15.7. The van der Waals surface area contributed by atoms with Crippen molar-refractivity contribution >= 4 is 5.69 Å². The van der Waals surface area contributed by atoms with Crippen molar-refractivity contribution in [2.24, 2.45) is 0 Å². The van der Waals surface area contributed by atoms with E-state index in [-0.39, 0.29) is 6.10 Å². The summed E-state index contributed by atoms with van der Waals surface area (Å²) in [6.45, 7) is 1.30. The monoisotopic (exact) mass is 195 g/mol. The van der Waals surface area contributed by atoms with Crippen molar-refractivity contribution in [3.05, 3.63) is 18.2 Å². The molecule has 1 aromatic carbocycles. The zero-order chi connectivity index (χ0) is 9.97. The van der Waals surface area contributed by atoms with Crippen LogP contribution in [-0.4, -0.2) is 26.4 Å². The smallest absolute Gasteiger partial charge is 0.145 e. The number of hydrogen-bond donors (Lipinski definition) is 1. The van der Waals surface area contributed by atoms with Crippen LogP contribution in [0.25, 0.3) is 0 Å². The molecule has 4 nitrogen and oxygen atoms in total. The molecule has 1 saturated heterocycles. The van der Waals surface area contributed by atoms with Gasteiger partial charge in [-0.25, -0.2) is 0 Å². The van der Waals surface area contributed by atoms with E-state index in [1.165, 1.54) is 0 Å². The van der Waals surface area contributed by atoms with E-state index in [4.69, 9.17) is 19.9 Å². The molecule has 14 heavy (non-hydrogen) atoms. The number of anilines is 1. The van der Waals surface area contributed by atoms with Crippen LogP contribution in [0, 0.1) is 0 Å². The minimum Gasteiger partial charge on any atom is -0.497 e. The van der Waals surface area contributed by atoms with E-state index in [0.29, 0.717) is 24.7 Å². The van der Waals surface area contributed by atoms with Crippen molar-refractivity contribution in [2.45, 2.75) is 6.10 Å². The molecule has 2 rings (SSSR count). The van der Waals surface area contributed by atoms with Crippen molar-refractivity contribution in [2.75, 3.05) is 26.1 Å². The molecule has 0 aromatic heterocycles. The Morgan fingerprint density at radius 1 is 1.29 bits per heavy atom. The molecule has 0 unspecified atom stereocenters. The first-order valence-corrected chi connectivity index (χ1v) is 4.47. The fourth-order valence-electron chi connectivity index (χ4n) is 1.25. The molecule has 0 spiro atoms. The summed E-state index contributed by atoms with van der Waals surface area (Å²) in [6.07, 6.45) is 0.154. The van der Waals surface area contributed by atoms with Crippen molar-refractivity contribution in [1.82, 2.24) is 0 Å². The first kappa shape index (κ1) is 9.15. The van der Waals surface area contributed by atoms with Crippen LogP contribution >= 0.6 is 0 Å². The zero-order valence-electron chi connectivity index (χ0n) is 8.03. The van der Waals surface area contributed by atoms with Gasteiger partial charge in [0, 0.05) is 23.9 Å². The first-order chi connectivity index (χ1) is 6.78. The highest BCUT2D eigenvalue weighted by Gasteiger charge is 2.20. The molecule has 4 heteroatoms.